The molecule has 1 fully saturated rings. The summed E-state index contributed by atoms with van der Waals surface area (Å²) >= 11 is 0. The van der Waals surface area contributed by atoms with E-state index in [1.165, 1.54) is 23.6 Å². The molecule has 2 aromatic carbocycles. The van der Waals surface area contributed by atoms with E-state index in [4.69, 9.17) is 0 Å². The number of nitrogens with one attached hydrogen (secondary N) is 1. The van der Waals surface area contributed by atoms with E-state index in [2.05, 4.69) is 10.2 Å². The molecule has 1 aliphatic rings. The molecule has 1 N–H and O–H groups in total. The van der Waals surface area contributed by atoms with Gasteiger partial charge in [0.05, 0.1) is 11.9 Å². The number of benzene rings is 2. The lowest BCUT2D eigenvalue weighted by molar-refractivity contribution is -0.117. The van der Waals surface area contributed by atoms with E-state index in [-0.39, 0.29) is 5.91 Å². The van der Waals surface area contributed by atoms with Crippen molar-refractivity contribution in [3.05, 3.63) is 53.6 Å². The molecule has 0 bridgehead atoms. The van der Waals surface area contributed by atoms with Gasteiger partial charge in [-0.05, 0) is 87.1 Å². The lowest BCUT2D eigenvalue weighted by Crippen LogP contribution is -2.47. The minimum atomic E-state index is -3.65. The first kappa shape index (κ1) is 23.1. The van der Waals surface area contributed by atoms with Gasteiger partial charge in [-0.1, -0.05) is 13.0 Å². The van der Waals surface area contributed by atoms with Gasteiger partial charge in [-0.15, -0.1) is 0 Å². The lowest BCUT2D eigenvalue weighted by atomic mass is 10.1. The summed E-state index contributed by atoms with van der Waals surface area (Å²) in [7, 11) is -3.65. The predicted molar refractivity (Wildman–Crippen MR) is 128 cm³/mol. The van der Waals surface area contributed by atoms with Crippen molar-refractivity contribution in [3.63, 3.8) is 0 Å². The Hall–Kier alpha value is -2.54. The maximum atomic E-state index is 13.1. The van der Waals surface area contributed by atoms with Crippen LogP contribution in [0.5, 0.6) is 0 Å². The van der Waals surface area contributed by atoms with Crippen LogP contribution in [0.3, 0.4) is 0 Å². The SMILES string of the molecule is CC[C@H](C(=O)Nc1ccc(N2CCCCC2)cc1)N(c1ccc(C)c(C)c1)S(C)(=O)=O. The number of nitrogens with zero attached hydrogens (tertiary/aromatic N) is 2. The third-order valence-electron chi connectivity index (χ3n) is 5.93. The van der Waals surface area contributed by atoms with E-state index in [1.54, 1.807) is 6.07 Å². The van der Waals surface area contributed by atoms with Crippen molar-refractivity contribution >= 4 is 33.0 Å². The molecule has 168 valence electrons. The topological polar surface area (TPSA) is 69.7 Å². The van der Waals surface area contributed by atoms with E-state index >= 15 is 0 Å². The number of anilines is 3. The quantitative estimate of drug-likeness (QED) is 0.685. The first-order chi connectivity index (χ1) is 14.7. The molecule has 7 heteroatoms. The molecule has 3 rings (SSSR count). The maximum Gasteiger partial charge on any atom is 0.248 e. The van der Waals surface area contributed by atoms with Crippen LogP contribution in [0.1, 0.15) is 43.7 Å². The van der Waals surface area contributed by atoms with Crippen molar-refractivity contribution < 1.29 is 13.2 Å². The van der Waals surface area contributed by atoms with Gasteiger partial charge in [0.25, 0.3) is 0 Å². The van der Waals surface area contributed by atoms with Crippen LogP contribution in [0.25, 0.3) is 0 Å². The molecule has 0 spiro atoms. The highest BCUT2D eigenvalue weighted by atomic mass is 32.2. The summed E-state index contributed by atoms with van der Waals surface area (Å²) in [6.45, 7) is 7.85. The van der Waals surface area contributed by atoms with Crippen molar-refractivity contribution in [2.45, 2.75) is 52.5 Å². The monoisotopic (exact) mass is 443 g/mol. The minimum absolute atomic E-state index is 0.336. The van der Waals surface area contributed by atoms with Crippen LogP contribution in [-0.4, -0.2) is 39.7 Å². The van der Waals surface area contributed by atoms with Gasteiger partial charge in [0, 0.05) is 24.5 Å². The number of amides is 1. The standard InChI is InChI=1S/C24H33N3O3S/c1-5-23(27(31(4,29)30)22-12-9-18(2)19(3)17-22)24(28)25-20-10-13-21(14-11-20)26-15-7-6-8-16-26/h9-14,17,23H,5-8,15-16H2,1-4H3,(H,25,28)/t23-/m1/s1. The molecule has 1 amide bonds. The Kier molecular flexibility index (Phi) is 7.26. The van der Waals surface area contributed by atoms with Gasteiger partial charge in [0.2, 0.25) is 15.9 Å². The minimum Gasteiger partial charge on any atom is -0.372 e. The number of carbonyl (C=O) groups is 1. The second-order valence-electron chi connectivity index (χ2n) is 8.34. The Balaban J connectivity index is 1.80. The summed E-state index contributed by atoms with van der Waals surface area (Å²) in [6, 6.07) is 12.4. The molecule has 0 aromatic heterocycles. The van der Waals surface area contributed by atoms with E-state index in [9.17, 15) is 13.2 Å². The Morgan fingerprint density at radius 2 is 1.68 bits per heavy atom. The molecule has 0 aliphatic carbocycles. The highest BCUT2D eigenvalue weighted by Gasteiger charge is 2.31. The molecule has 0 unspecified atom stereocenters. The fourth-order valence-electron chi connectivity index (χ4n) is 4.06. The molecule has 0 saturated carbocycles. The number of rotatable bonds is 7. The zero-order valence-electron chi connectivity index (χ0n) is 18.9. The van der Waals surface area contributed by atoms with Crippen LogP contribution in [0.15, 0.2) is 42.5 Å². The summed E-state index contributed by atoms with van der Waals surface area (Å²) < 4.78 is 26.5. The van der Waals surface area contributed by atoms with Crippen molar-refractivity contribution in [2.75, 3.05) is 33.9 Å². The molecule has 2 aromatic rings. The van der Waals surface area contributed by atoms with Gasteiger partial charge >= 0.3 is 0 Å². The smallest absolute Gasteiger partial charge is 0.248 e. The average molecular weight is 444 g/mol. The first-order valence-corrected chi connectivity index (χ1v) is 12.8. The largest absolute Gasteiger partial charge is 0.372 e. The van der Waals surface area contributed by atoms with Crippen LogP contribution >= 0.6 is 0 Å². The van der Waals surface area contributed by atoms with Gasteiger partial charge in [-0.2, -0.15) is 0 Å². The molecular weight excluding hydrogens is 410 g/mol. The Morgan fingerprint density at radius 3 is 2.23 bits per heavy atom. The van der Waals surface area contributed by atoms with E-state index in [0.717, 1.165) is 36.2 Å². The normalized spacial score (nSPS) is 15.4. The number of carbonyl (C=O) groups excluding carboxylic acids is 1. The van der Waals surface area contributed by atoms with Gasteiger partial charge in [-0.3, -0.25) is 9.10 Å². The summed E-state index contributed by atoms with van der Waals surface area (Å²) in [6.07, 6.45) is 5.19. The Morgan fingerprint density at radius 1 is 1.03 bits per heavy atom. The molecule has 1 aliphatic heterocycles. The van der Waals surface area contributed by atoms with Gasteiger partial charge in [-0.25, -0.2) is 8.42 Å². The van der Waals surface area contributed by atoms with Crippen LogP contribution in [0, 0.1) is 13.8 Å². The van der Waals surface area contributed by atoms with Gasteiger partial charge < -0.3 is 10.2 Å². The Labute approximate surface area is 186 Å². The van der Waals surface area contributed by atoms with Crippen LogP contribution in [0.4, 0.5) is 17.1 Å². The van der Waals surface area contributed by atoms with E-state index in [1.807, 2.05) is 57.2 Å². The molecule has 1 atom stereocenters. The van der Waals surface area contributed by atoms with Crippen LogP contribution in [-0.2, 0) is 14.8 Å². The second-order valence-corrected chi connectivity index (χ2v) is 10.2. The highest BCUT2D eigenvalue weighted by Crippen LogP contribution is 2.26. The number of hydrogen-bond donors (Lipinski definition) is 1. The third kappa shape index (κ3) is 5.58. The summed E-state index contributed by atoms with van der Waals surface area (Å²) in [5.41, 5.74) is 4.38. The lowest BCUT2D eigenvalue weighted by Gasteiger charge is -2.31. The molecule has 31 heavy (non-hydrogen) atoms. The second kappa shape index (κ2) is 9.73. The number of sulfonamides is 1. The maximum absolute atomic E-state index is 13.1. The summed E-state index contributed by atoms with van der Waals surface area (Å²) in [4.78, 5) is 15.5. The Bertz CT molecular complexity index is 1010. The van der Waals surface area contributed by atoms with Crippen molar-refractivity contribution in [2.24, 2.45) is 0 Å². The molecule has 1 saturated heterocycles. The van der Waals surface area contributed by atoms with Crippen LogP contribution in [0.2, 0.25) is 0 Å². The third-order valence-corrected chi connectivity index (χ3v) is 7.11. The average Bonchev–Trinajstić information content (AvgIpc) is 2.74. The van der Waals surface area contributed by atoms with E-state index in [0.29, 0.717) is 17.8 Å². The summed E-state index contributed by atoms with van der Waals surface area (Å²) in [5.74, 6) is -0.336. The van der Waals surface area contributed by atoms with Gasteiger partial charge in [0.1, 0.15) is 6.04 Å². The zero-order chi connectivity index (χ0) is 22.6. The van der Waals surface area contributed by atoms with Gasteiger partial charge in [0.15, 0.2) is 0 Å². The van der Waals surface area contributed by atoms with Crippen LogP contribution < -0.4 is 14.5 Å². The first-order valence-electron chi connectivity index (χ1n) is 10.9. The predicted octanol–water partition coefficient (Wildman–Crippen LogP) is 4.48. The number of piperidine rings is 1. The molecule has 6 nitrogen and oxygen atoms in total. The fraction of sp³-hybridized carbons (Fsp3) is 0.458. The van der Waals surface area contributed by atoms with E-state index < -0.39 is 16.1 Å². The van der Waals surface area contributed by atoms with Crippen molar-refractivity contribution in [3.8, 4) is 0 Å². The molecular formula is C24H33N3O3S. The number of aryl methyl sites for hydroxylation is 2. The summed E-state index contributed by atoms with van der Waals surface area (Å²) in [5, 5.41) is 2.91. The molecule has 1 heterocycles. The fourth-order valence-corrected chi connectivity index (χ4v) is 5.26. The zero-order valence-corrected chi connectivity index (χ0v) is 19.7. The molecule has 0 radical (unpaired) electrons. The van der Waals surface area contributed by atoms with Crippen molar-refractivity contribution in [1.29, 1.82) is 0 Å². The number of hydrogen-bond acceptors (Lipinski definition) is 4. The van der Waals surface area contributed by atoms with Crippen molar-refractivity contribution in [1.82, 2.24) is 0 Å². The highest BCUT2D eigenvalue weighted by molar-refractivity contribution is 7.92.